The van der Waals surface area contributed by atoms with Crippen LogP contribution in [0.25, 0.3) is 0 Å². The van der Waals surface area contributed by atoms with E-state index in [0.29, 0.717) is 4.47 Å². The predicted molar refractivity (Wildman–Crippen MR) is 68.4 cm³/mol. The Bertz CT molecular complexity index is 530. The molecule has 8 heteroatoms. The third kappa shape index (κ3) is 4.70. The number of nitrogens with two attached hydrogens (primary N) is 1. The van der Waals surface area contributed by atoms with Crippen LogP contribution < -0.4 is 11.1 Å². The van der Waals surface area contributed by atoms with Crippen molar-refractivity contribution >= 4 is 37.5 Å². The topological polar surface area (TPSA) is 102 Å². The van der Waals surface area contributed by atoms with Gasteiger partial charge in [0.05, 0.1) is 11.3 Å². The molecule has 94 valence electrons. The lowest BCUT2D eigenvalue weighted by Gasteiger charge is -2.06. The second-order valence-electron chi connectivity index (χ2n) is 3.47. The summed E-state index contributed by atoms with van der Waals surface area (Å²) in [5.41, 5.74) is 5.75. The van der Waals surface area contributed by atoms with Crippen LogP contribution >= 0.6 is 15.9 Å². The molecular formula is C9H12BrN3O3S. The molecule has 0 saturated carbocycles. The van der Waals surface area contributed by atoms with Gasteiger partial charge in [-0.1, -0.05) is 0 Å². The number of nitrogens with one attached hydrogen (secondary N) is 1. The van der Waals surface area contributed by atoms with E-state index in [1.165, 1.54) is 12.3 Å². The first kappa shape index (κ1) is 13.9. The molecule has 0 aromatic carbocycles. The first-order valence-electron chi connectivity index (χ1n) is 4.66. The number of sulfone groups is 1. The lowest BCUT2D eigenvalue weighted by molar-refractivity contribution is 0.0956. The number of nitrogen functional groups attached to an aromatic ring is 1. The molecule has 0 atom stereocenters. The third-order valence-electron chi connectivity index (χ3n) is 1.89. The third-order valence-corrected chi connectivity index (χ3v) is 3.27. The fourth-order valence-corrected chi connectivity index (χ4v) is 1.88. The van der Waals surface area contributed by atoms with E-state index >= 15 is 0 Å². The number of carbonyl (C=O) groups excluding carboxylic acids is 1. The van der Waals surface area contributed by atoms with Gasteiger partial charge in [-0.05, 0) is 22.0 Å². The van der Waals surface area contributed by atoms with Crippen LogP contribution in [-0.2, 0) is 9.84 Å². The van der Waals surface area contributed by atoms with E-state index in [1.807, 2.05) is 0 Å². The average molecular weight is 322 g/mol. The van der Waals surface area contributed by atoms with Crippen LogP contribution in [-0.4, -0.2) is 37.9 Å². The number of anilines is 1. The summed E-state index contributed by atoms with van der Waals surface area (Å²) in [5, 5.41) is 2.46. The number of nitrogens with zero attached hydrogens (tertiary/aromatic N) is 1. The molecule has 0 fully saturated rings. The lowest BCUT2D eigenvalue weighted by Crippen LogP contribution is -2.29. The molecule has 1 amide bonds. The molecule has 0 aliphatic carbocycles. The molecule has 1 aromatic heterocycles. The maximum Gasteiger partial charge on any atom is 0.255 e. The van der Waals surface area contributed by atoms with Crippen molar-refractivity contribution in [3.8, 4) is 0 Å². The largest absolute Gasteiger partial charge is 0.383 e. The van der Waals surface area contributed by atoms with E-state index in [9.17, 15) is 13.2 Å². The smallest absolute Gasteiger partial charge is 0.255 e. The fraction of sp³-hybridized carbons (Fsp3) is 0.333. The van der Waals surface area contributed by atoms with Crippen molar-refractivity contribution in [2.45, 2.75) is 0 Å². The number of carbonyl (C=O) groups is 1. The maximum atomic E-state index is 11.7. The van der Waals surface area contributed by atoms with E-state index in [0.717, 1.165) is 6.26 Å². The zero-order valence-electron chi connectivity index (χ0n) is 9.10. The monoisotopic (exact) mass is 321 g/mol. The molecule has 0 unspecified atom stereocenters. The quantitative estimate of drug-likeness (QED) is 0.824. The first-order chi connectivity index (χ1) is 7.79. The van der Waals surface area contributed by atoms with E-state index in [2.05, 4.69) is 26.2 Å². The summed E-state index contributed by atoms with van der Waals surface area (Å²) < 4.78 is 22.4. The van der Waals surface area contributed by atoms with Gasteiger partial charge >= 0.3 is 0 Å². The Hall–Kier alpha value is -1.15. The van der Waals surface area contributed by atoms with Crippen molar-refractivity contribution in [3.05, 3.63) is 22.3 Å². The molecule has 1 rings (SSSR count). The van der Waals surface area contributed by atoms with E-state index in [-0.39, 0.29) is 23.7 Å². The molecule has 1 heterocycles. The van der Waals surface area contributed by atoms with Gasteiger partial charge in [0.25, 0.3) is 5.91 Å². The summed E-state index contributed by atoms with van der Waals surface area (Å²) in [6, 6.07) is 1.53. The number of pyridine rings is 1. The normalized spacial score (nSPS) is 11.2. The highest BCUT2D eigenvalue weighted by atomic mass is 79.9. The minimum absolute atomic E-state index is 0.0453. The summed E-state index contributed by atoms with van der Waals surface area (Å²) in [6.07, 6.45) is 2.58. The first-order valence-corrected chi connectivity index (χ1v) is 7.52. The molecular weight excluding hydrogens is 310 g/mol. The van der Waals surface area contributed by atoms with Crippen molar-refractivity contribution in [2.24, 2.45) is 0 Å². The zero-order valence-corrected chi connectivity index (χ0v) is 11.5. The molecule has 0 spiro atoms. The van der Waals surface area contributed by atoms with Crippen LogP contribution in [0.3, 0.4) is 0 Å². The Balaban J connectivity index is 2.67. The number of hydrogen-bond donors (Lipinski definition) is 2. The van der Waals surface area contributed by atoms with Gasteiger partial charge in [0.1, 0.15) is 15.7 Å². The van der Waals surface area contributed by atoms with Gasteiger partial charge < -0.3 is 11.1 Å². The number of amides is 1. The standard InChI is InChI=1S/C9H12BrN3O3S/c1-17(15,16)3-2-12-9(14)7-4-6(10)5-13-8(7)11/h4-5H,2-3H2,1H3,(H2,11,13)(H,12,14). The van der Waals surface area contributed by atoms with Crippen molar-refractivity contribution in [2.75, 3.05) is 24.3 Å². The molecule has 0 aliphatic rings. The van der Waals surface area contributed by atoms with Gasteiger partial charge in [-0.3, -0.25) is 4.79 Å². The molecule has 0 radical (unpaired) electrons. The highest BCUT2D eigenvalue weighted by Gasteiger charge is 2.11. The molecule has 6 nitrogen and oxygen atoms in total. The number of aromatic nitrogens is 1. The zero-order chi connectivity index (χ0) is 13.1. The molecule has 0 bridgehead atoms. The molecule has 3 N–H and O–H groups in total. The van der Waals surface area contributed by atoms with Crippen LogP contribution in [0.2, 0.25) is 0 Å². The van der Waals surface area contributed by atoms with E-state index < -0.39 is 15.7 Å². The van der Waals surface area contributed by atoms with Crippen molar-refractivity contribution in [1.29, 1.82) is 0 Å². The Labute approximate surface area is 108 Å². The van der Waals surface area contributed by atoms with Crippen LogP contribution in [0.5, 0.6) is 0 Å². The summed E-state index contributed by atoms with van der Waals surface area (Å²) in [7, 11) is -3.09. The van der Waals surface area contributed by atoms with Gasteiger partial charge in [-0.15, -0.1) is 0 Å². The Morgan fingerprint density at radius 3 is 2.82 bits per heavy atom. The van der Waals surface area contributed by atoms with Gasteiger partial charge in [0.2, 0.25) is 0 Å². The van der Waals surface area contributed by atoms with Gasteiger partial charge in [-0.25, -0.2) is 13.4 Å². The number of hydrogen-bond acceptors (Lipinski definition) is 5. The summed E-state index contributed by atoms with van der Waals surface area (Å²) in [5.74, 6) is -0.454. The molecule has 0 aliphatic heterocycles. The molecule has 17 heavy (non-hydrogen) atoms. The maximum absolute atomic E-state index is 11.7. The van der Waals surface area contributed by atoms with Crippen LogP contribution in [0, 0.1) is 0 Å². The average Bonchev–Trinajstić information content (AvgIpc) is 2.19. The van der Waals surface area contributed by atoms with Crippen LogP contribution in [0.4, 0.5) is 5.82 Å². The summed E-state index contributed by atoms with van der Waals surface area (Å²) in [6.45, 7) is 0.0453. The van der Waals surface area contributed by atoms with Crippen molar-refractivity contribution in [1.82, 2.24) is 10.3 Å². The van der Waals surface area contributed by atoms with Gasteiger partial charge in [-0.2, -0.15) is 0 Å². The predicted octanol–water partition coefficient (Wildman–Crippen LogP) is 0.201. The summed E-state index contributed by atoms with van der Waals surface area (Å²) >= 11 is 3.17. The Morgan fingerprint density at radius 2 is 2.24 bits per heavy atom. The van der Waals surface area contributed by atoms with Gasteiger partial charge in [0, 0.05) is 23.5 Å². The summed E-state index contributed by atoms with van der Waals surface area (Å²) in [4.78, 5) is 15.5. The lowest BCUT2D eigenvalue weighted by atomic mass is 10.2. The van der Waals surface area contributed by atoms with Crippen LogP contribution in [0.15, 0.2) is 16.7 Å². The minimum Gasteiger partial charge on any atom is -0.383 e. The minimum atomic E-state index is -3.09. The molecule has 0 saturated heterocycles. The second kappa shape index (κ2) is 5.46. The van der Waals surface area contributed by atoms with Crippen molar-refractivity contribution < 1.29 is 13.2 Å². The van der Waals surface area contributed by atoms with Crippen molar-refractivity contribution in [3.63, 3.8) is 0 Å². The number of rotatable bonds is 4. The van der Waals surface area contributed by atoms with Crippen LogP contribution in [0.1, 0.15) is 10.4 Å². The molecule has 1 aromatic rings. The highest BCUT2D eigenvalue weighted by molar-refractivity contribution is 9.10. The number of halogens is 1. The Kier molecular flexibility index (Phi) is 4.47. The van der Waals surface area contributed by atoms with E-state index in [4.69, 9.17) is 5.73 Å². The van der Waals surface area contributed by atoms with Gasteiger partial charge in [0.15, 0.2) is 0 Å². The second-order valence-corrected chi connectivity index (χ2v) is 6.65. The highest BCUT2D eigenvalue weighted by Crippen LogP contribution is 2.15. The SMILES string of the molecule is CS(=O)(=O)CCNC(=O)c1cc(Br)cnc1N. The fourth-order valence-electron chi connectivity index (χ4n) is 1.08. The Morgan fingerprint density at radius 1 is 1.59 bits per heavy atom. The van der Waals surface area contributed by atoms with E-state index in [1.54, 1.807) is 0 Å².